The van der Waals surface area contributed by atoms with Crippen LogP contribution in [0, 0.1) is 0 Å². The van der Waals surface area contributed by atoms with Crippen molar-refractivity contribution in [2.75, 3.05) is 13.1 Å². The molecule has 1 aliphatic carbocycles. The minimum atomic E-state index is -1.28. The van der Waals surface area contributed by atoms with E-state index in [2.05, 4.69) is 5.32 Å². The lowest BCUT2D eigenvalue weighted by molar-refractivity contribution is -0.276. The maximum absolute atomic E-state index is 11.9. The van der Waals surface area contributed by atoms with Gasteiger partial charge in [0, 0.05) is 19.0 Å². The molecule has 1 amide bonds. The summed E-state index contributed by atoms with van der Waals surface area (Å²) in [4.78, 5) is 11.9. The summed E-state index contributed by atoms with van der Waals surface area (Å²) < 4.78 is 11.3. The average Bonchev–Trinajstić information content (AvgIpc) is 2.66. The molecule has 1 aliphatic heterocycles. The van der Waals surface area contributed by atoms with E-state index in [9.17, 15) is 25.2 Å². The third-order valence-electron chi connectivity index (χ3n) is 5.30. The molecule has 0 aromatic carbocycles. The van der Waals surface area contributed by atoms with Crippen LogP contribution in [-0.2, 0) is 14.3 Å². The molecule has 1 heterocycles. The molecular formula is C16H33N5O7. The zero-order chi connectivity index (χ0) is 21.0. The van der Waals surface area contributed by atoms with Crippen LogP contribution in [-0.4, -0.2) is 100 Å². The molecule has 1 saturated heterocycles. The Labute approximate surface area is 163 Å². The summed E-state index contributed by atoms with van der Waals surface area (Å²) >= 11 is 0. The quantitative estimate of drug-likeness (QED) is 0.193. The van der Waals surface area contributed by atoms with E-state index in [1.807, 2.05) is 0 Å². The largest absolute Gasteiger partial charge is 0.391 e. The molecule has 0 aromatic heterocycles. The summed E-state index contributed by atoms with van der Waals surface area (Å²) in [5.74, 6) is -0.624. The number of amides is 1. The fourth-order valence-corrected chi connectivity index (χ4v) is 3.50. The van der Waals surface area contributed by atoms with Gasteiger partial charge in [0.25, 0.3) is 0 Å². The van der Waals surface area contributed by atoms with E-state index in [-0.39, 0.29) is 32.4 Å². The van der Waals surface area contributed by atoms with E-state index >= 15 is 0 Å². The van der Waals surface area contributed by atoms with Crippen molar-refractivity contribution in [1.29, 1.82) is 0 Å². The van der Waals surface area contributed by atoms with Crippen molar-refractivity contribution < 1.29 is 34.7 Å². The van der Waals surface area contributed by atoms with Gasteiger partial charge < -0.3 is 58.2 Å². The van der Waals surface area contributed by atoms with E-state index in [1.54, 1.807) is 0 Å². The zero-order valence-electron chi connectivity index (χ0n) is 15.6. The zero-order valence-corrected chi connectivity index (χ0v) is 15.6. The first kappa shape index (κ1) is 23.3. The predicted octanol–water partition coefficient (Wildman–Crippen LogP) is -5.22. The molecule has 10 atom stereocenters. The van der Waals surface area contributed by atoms with Crippen molar-refractivity contribution in [1.82, 2.24) is 5.32 Å². The van der Waals surface area contributed by atoms with Gasteiger partial charge in [0.1, 0.15) is 24.4 Å². The monoisotopic (exact) mass is 407 g/mol. The fraction of sp³-hybridized carbons (Fsp3) is 0.938. The number of aliphatic hydroxyl groups excluding tert-OH is 4. The van der Waals surface area contributed by atoms with Gasteiger partial charge in [-0.3, -0.25) is 4.79 Å². The van der Waals surface area contributed by atoms with E-state index in [4.69, 9.17) is 32.4 Å². The van der Waals surface area contributed by atoms with Gasteiger partial charge >= 0.3 is 0 Å². The molecule has 0 bridgehead atoms. The van der Waals surface area contributed by atoms with Crippen LogP contribution < -0.4 is 28.3 Å². The molecule has 0 radical (unpaired) electrons. The highest BCUT2D eigenvalue weighted by atomic mass is 16.7. The number of hydrogen-bond acceptors (Lipinski definition) is 11. The minimum absolute atomic E-state index is 0.0383. The maximum Gasteiger partial charge on any atom is 0.249 e. The second kappa shape index (κ2) is 10.2. The van der Waals surface area contributed by atoms with E-state index in [0.29, 0.717) is 0 Å². The van der Waals surface area contributed by atoms with Gasteiger partial charge in [-0.05, 0) is 19.4 Å². The smallest absolute Gasteiger partial charge is 0.249 e. The molecule has 13 N–H and O–H groups in total. The van der Waals surface area contributed by atoms with Crippen LogP contribution in [0.3, 0.4) is 0 Å². The SMILES string of the molecule is NCCC(O)C(=O)NC1CC(N)C(OC2OC(CN)C(O)C(O)C2N)CC1O. The van der Waals surface area contributed by atoms with E-state index < -0.39 is 66.9 Å². The van der Waals surface area contributed by atoms with Crippen LogP contribution >= 0.6 is 0 Å². The molecule has 164 valence electrons. The summed E-state index contributed by atoms with van der Waals surface area (Å²) in [5, 5.41) is 42.6. The Hall–Kier alpha value is -0.930. The molecule has 10 unspecified atom stereocenters. The Morgan fingerprint density at radius 3 is 2.46 bits per heavy atom. The Morgan fingerprint density at radius 1 is 1.18 bits per heavy atom. The van der Waals surface area contributed by atoms with Gasteiger partial charge in [-0.1, -0.05) is 0 Å². The van der Waals surface area contributed by atoms with Crippen LogP contribution in [0.2, 0.25) is 0 Å². The number of carbonyl (C=O) groups excluding carboxylic acids is 1. The van der Waals surface area contributed by atoms with Gasteiger partial charge in [-0.15, -0.1) is 0 Å². The molecule has 2 rings (SSSR count). The van der Waals surface area contributed by atoms with Gasteiger partial charge in [0.05, 0.1) is 24.3 Å². The van der Waals surface area contributed by atoms with Crippen molar-refractivity contribution in [2.45, 2.75) is 80.3 Å². The third-order valence-corrected chi connectivity index (χ3v) is 5.30. The minimum Gasteiger partial charge on any atom is -0.391 e. The standard InChI is InChI=1S/C16H33N5O7/c17-2-1-8(22)15(26)21-7-3-6(19)10(4-9(7)23)27-16-12(20)14(25)13(24)11(5-18)28-16/h6-14,16,22-25H,1-5,17-20H2,(H,21,26). The number of nitrogens with one attached hydrogen (secondary N) is 1. The van der Waals surface area contributed by atoms with Crippen molar-refractivity contribution >= 4 is 5.91 Å². The van der Waals surface area contributed by atoms with E-state index in [0.717, 1.165) is 0 Å². The lowest BCUT2D eigenvalue weighted by atomic mass is 9.86. The number of nitrogens with two attached hydrogens (primary N) is 4. The molecule has 2 fully saturated rings. The molecule has 0 aromatic rings. The molecule has 12 nitrogen and oxygen atoms in total. The van der Waals surface area contributed by atoms with Gasteiger partial charge in [-0.25, -0.2) is 0 Å². The summed E-state index contributed by atoms with van der Waals surface area (Å²) in [6.45, 7) is 0.118. The highest BCUT2D eigenvalue weighted by Gasteiger charge is 2.45. The fourth-order valence-electron chi connectivity index (χ4n) is 3.50. The number of aliphatic hydroxyl groups is 4. The lowest BCUT2D eigenvalue weighted by Crippen LogP contribution is -2.65. The summed E-state index contributed by atoms with van der Waals surface area (Å²) in [7, 11) is 0. The molecule has 28 heavy (non-hydrogen) atoms. The second-order valence-corrected chi connectivity index (χ2v) is 7.42. The summed E-state index contributed by atoms with van der Waals surface area (Å²) in [6.07, 6.45) is -6.92. The lowest BCUT2D eigenvalue weighted by Gasteiger charge is -2.44. The normalized spacial score (nSPS) is 42.8. The van der Waals surface area contributed by atoms with Crippen molar-refractivity contribution in [2.24, 2.45) is 22.9 Å². The van der Waals surface area contributed by atoms with Crippen LogP contribution in [0.5, 0.6) is 0 Å². The molecular weight excluding hydrogens is 374 g/mol. The first-order chi connectivity index (χ1) is 13.2. The van der Waals surface area contributed by atoms with Crippen LogP contribution in [0.15, 0.2) is 0 Å². The number of ether oxygens (including phenoxy) is 2. The van der Waals surface area contributed by atoms with Gasteiger partial charge in [0.15, 0.2) is 6.29 Å². The molecule has 12 heteroatoms. The van der Waals surface area contributed by atoms with Crippen LogP contribution in [0.25, 0.3) is 0 Å². The number of carbonyl (C=O) groups is 1. The summed E-state index contributed by atoms with van der Waals surface area (Å²) in [5.41, 5.74) is 22.9. The Kier molecular flexibility index (Phi) is 8.51. The first-order valence-electron chi connectivity index (χ1n) is 9.44. The molecule has 2 aliphatic rings. The van der Waals surface area contributed by atoms with Crippen molar-refractivity contribution in [3.05, 3.63) is 0 Å². The first-order valence-corrected chi connectivity index (χ1v) is 9.44. The van der Waals surface area contributed by atoms with Crippen molar-refractivity contribution in [3.8, 4) is 0 Å². The van der Waals surface area contributed by atoms with Crippen LogP contribution in [0.4, 0.5) is 0 Å². The van der Waals surface area contributed by atoms with Gasteiger partial charge in [-0.2, -0.15) is 0 Å². The third kappa shape index (κ3) is 5.36. The van der Waals surface area contributed by atoms with Crippen molar-refractivity contribution in [3.63, 3.8) is 0 Å². The predicted molar refractivity (Wildman–Crippen MR) is 97.4 cm³/mol. The maximum atomic E-state index is 11.9. The second-order valence-electron chi connectivity index (χ2n) is 7.42. The summed E-state index contributed by atoms with van der Waals surface area (Å²) in [6, 6.07) is -2.25. The molecule has 1 saturated carbocycles. The Bertz CT molecular complexity index is 514. The Morgan fingerprint density at radius 2 is 1.86 bits per heavy atom. The Balaban J connectivity index is 1.94. The number of rotatable bonds is 7. The highest BCUT2D eigenvalue weighted by Crippen LogP contribution is 2.27. The van der Waals surface area contributed by atoms with Gasteiger partial charge in [0.2, 0.25) is 5.91 Å². The highest BCUT2D eigenvalue weighted by molar-refractivity contribution is 5.80. The van der Waals surface area contributed by atoms with E-state index in [1.165, 1.54) is 0 Å². The molecule has 0 spiro atoms. The number of hydrogen-bond donors (Lipinski definition) is 9. The van der Waals surface area contributed by atoms with Crippen LogP contribution in [0.1, 0.15) is 19.3 Å². The average molecular weight is 407 g/mol. The topological polar surface area (TPSA) is 233 Å².